The van der Waals surface area contributed by atoms with Crippen LogP contribution < -0.4 is 16.2 Å². The number of unbranched alkanes of at least 4 members (excludes halogenated alkanes) is 1. The molecule has 0 bridgehead atoms. The monoisotopic (exact) mass is 264 g/mol. The maximum absolute atomic E-state index is 5.89. The quantitative estimate of drug-likeness (QED) is 0.798. The molecule has 5 nitrogen and oxygen atoms in total. The van der Waals surface area contributed by atoms with Crippen molar-refractivity contribution in [1.82, 2.24) is 9.97 Å². The van der Waals surface area contributed by atoms with E-state index in [4.69, 9.17) is 16.2 Å². The van der Waals surface area contributed by atoms with E-state index in [0.29, 0.717) is 29.9 Å². The van der Waals surface area contributed by atoms with E-state index in [1.54, 1.807) is 0 Å². The van der Waals surface area contributed by atoms with Crippen LogP contribution in [0.4, 0.5) is 11.5 Å². The molecule has 0 radical (unpaired) electrons. The van der Waals surface area contributed by atoms with Crippen molar-refractivity contribution in [2.75, 3.05) is 18.1 Å². The van der Waals surface area contributed by atoms with Gasteiger partial charge < -0.3 is 16.2 Å². The molecule has 2 rings (SSSR count). The van der Waals surface area contributed by atoms with Gasteiger partial charge in [0.15, 0.2) is 5.82 Å². The first-order valence-corrected chi connectivity index (χ1v) is 7.28. The lowest BCUT2D eigenvalue weighted by Gasteiger charge is -2.21. The fourth-order valence-corrected chi connectivity index (χ4v) is 2.45. The normalized spacial score (nSPS) is 16.5. The van der Waals surface area contributed by atoms with Gasteiger partial charge in [-0.15, -0.1) is 0 Å². The van der Waals surface area contributed by atoms with Gasteiger partial charge in [0.1, 0.15) is 11.5 Å². The first-order chi connectivity index (χ1) is 9.22. The summed E-state index contributed by atoms with van der Waals surface area (Å²) < 4.78 is 5.63. The average molecular weight is 264 g/mol. The Morgan fingerprint density at radius 2 is 1.89 bits per heavy atom. The lowest BCUT2D eigenvalue weighted by atomic mass is 9.89. The van der Waals surface area contributed by atoms with Crippen LogP contribution in [0.5, 0.6) is 5.88 Å². The average Bonchev–Trinajstić information content (AvgIpc) is 2.44. The molecule has 19 heavy (non-hydrogen) atoms. The van der Waals surface area contributed by atoms with Gasteiger partial charge in [0.2, 0.25) is 5.88 Å². The van der Waals surface area contributed by atoms with Crippen molar-refractivity contribution in [3.8, 4) is 5.88 Å². The molecule has 1 fully saturated rings. The Labute approximate surface area is 114 Å². The first kappa shape index (κ1) is 13.9. The highest BCUT2D eigenvalue weighted by atomic mass is 16.5. The minimum absolute atomic E-state index is 0.349. The maximum atomic E-state index is 5.89. The predicted octanol–water partition coefficient (Wildman–Crippen LogP) is 2.87. The van der Waals surface area contributed by atoms with Gasteiger partial charge in [-0.1, -0.05) is 32.6 Å². The Hall–Kier alpha value is -1.52. The van der Waals surface area contributed by atoms with E-state index in [2.05, 4.69) is 16.9 Å². The molecule has 0 amide bonds. The Balaban J connectivity index is 2.15. The van der Waals surface area contributed by atoms with Crippen LogP contribution in [0.15, 0.2) is 0 Å². The highest BCUT2D eigenvalue weighted by Crippen LogP contribution is 2.34. The van der Waals surface area contributed by atoms with Crippen molar-refractivity contribution in [2.24, 2.45) is 0 Å². The van der Waals surface area contributed by atoms with Gasteiger partial charge in [-0.3, -0.25) is 0 Å². The Morgan fingerprint density at radius 3 is 2.58 bits per heavy atom. The van der Waals surface area contributed by atoms with Crippen molar-refractivity contribution in [1.29, 1.82) is 0 Å². The number of hydrogen-bond acceptors (Lipinski definition) is 5. The van der Waals surface area contributed by atoms with Crippen LogP contribution in [-0.4, -0.2) is 16.6 Å². The topological polar surface area (TPSA) is 87.0 Å². The number of anilines is 2. The van der Waals surface area contributed by atoms with Gasteiger partial charge in [-0.05, 0) is 19.3 Å². The van der Waals surface area contributed by atoms with Gasteiger partial charge in [0, 0.05) is 5.92 Å². The number of aromatic nitrogens is 2. The van der Waals surface area contributed by atoms with Crippen molar-refractivity contribution >= 4 is 11.5 Å². The largest absolute Gasteiger partial charge is 0.476 e. The molecule has 1 heterocycles. The van der Waals surface area contributed by atoms with Crippen molar-refractivity contribution < 1.29 is 4.74 Å². The molecule has 0 aromatic carbocycles. The summed E-state index contributed by atoms with van der Waals surface area (Å²) >= 11 is 0. The van der Waals surface area contributed by atoms with E-state index in [1.165, 1.54) is 19.3 Å². The summed E-state index contributed by atoms with van der Waals surface area (Å²) in [6, 6.07) is 0. The third kappa shape index (κ3) is 3.49. The molecular weight excluding hydrogens is 240 g/mol. The zero-order valence-corrected chi connectivity index (χ0v) is 11.7. The van der Waals surface area contributed by atoms with Crippen LogP contribution >= 0.6 is 0 Å². The number of rotatable bonds is 5. The van der Waals surface area contributed by atoms with E-state index < -0.39 is 0 Å². The zero-order chi connectivity index (χ0) is 13.7. The lowest BCUT2D eigenvalue weighted by molar-refractivity contribution is 0.296. The minimum Gasteiger partial charge on any atom is -0.476 e. The van der Waals surface area contributed by atoms with Crippen LogP contribution in [0.3, 0.4) is 0 Å². The second-order valence-corrected chi connectivity index (χ2v) is 5.22. The van der Waals surface area contributed by atoms with Gasteiger partial charge in [-0.25, -0.2) is 4.98 Å². The Morgan fingerprint density at radius 1 is 1.16 bits per heavy atom. The van der Waals surface area contributed by atoms with Crippen LogP contribution in [0.2, 0.25) is 0 Å². The number of ether oxygens (including phenoxy) is 1. The van der Waals surface area contributed by atoms with Gasteiger partial charge >= 0.3 is 0 Å². The zero-order valence-electron chi connectivity index (χ0n) is 11.7. The summed E-state index contributed by atoms with van der Waals surface area (Å²) in [5.41, 5.74) is 12.1. The van der Waals surface area contributed by atoms with E-state index >= 15 is 0 Å². The van der Waals surface area contributed by atoms with Gasteiger partial charge in [-0.2, -0.15) is 4.98 Å². The number of nitrogens with two attached hydrogens (primary N) is 2. The van der Waals surface area contributed by atoms with Crippen LogP contribution in [-0.2, 0) is 0 Å². The molecule has 1 saturated carbocycles. The van der Waals surface area contributed by atoms with Gasteiger partial charge in [0.25, 0.3) is 0 Å². The number of hydrogen-bond donors (Lipinski definition) is 2. The number of nitrogen functional groups attached to an aromatic ring is 2. The summed E-state index contributed by atoms with van der Waals surface area (Å²) in [5.74, 6) is 2.02. The molecule has 0 unspecified atom stereocenters. The summed E-state index contributed by atoms with van der Waals surface area (Å²) in [4.78, 5) is 8.84. The van der Waals surface area contributed by atoms with E-state index in [1.807, 2.05) is 0 Å². The van der Waals surface area contributed by atoms with E-state index in [-0.39, 0.29) is 0 Å². The summed E-state index contributed by atoms with van der Waals surface area (Å²) in [6.07, 6.45) is 8.13. The molecule has 0 spiro atoms. The molecule has 0 aliphatic heterocycles. The molecule has 1 aromatic heterocycles. The second-order valence-electron chi connectivity index (χ2n) is 5.22. The summed E-state index contributed by atoms with van der Waals surface area (Å²) in [6.45, 7) is 2.75. The maximum Gasteiger partial charge on any atom is 0.242 e. The van der Waals surface area contributed by atoms with Crippen LogP contribution in [0, 0.1) is 0 Å². The SMILES string of the molecule is CCCCOc1nc(C2CCCCC2)nc(N)c1N. The second kappa shape index (κ2) is 6.59. The molecule has 1 aromatic rings. The summed E-state index contributed by atoms with van der Waals surface area (Å²) in [5, 5.41) is 0. The third-order valence-corrected chi connectivity index (χ3v) is 3.66. The van der Waals surface area contributed by atoms with Crippen molar-refractivity contribution in [3.05, 3.63) is 5.82 Å². The Kier molecular flexibility index (Phi) is 4.82. The van der Waals surface area contributed by atoms with Crippen LogP contribution in [0.1, 0.15) is 63.6 Å². The predicted molar refractivity (Wildman–Crippen MR) is 77.1 cm³/mol. The van der Waals surface area contributed by atoms with Gasteiger partial charge in [0.05, 0.1) is 6.61 Å². The van der Waals surface area contributed by atoms with E-state index in [0.717, 1.165) is 31.5 Å². The highest BCUT2D eigenvalue weighted by Gasteiger charge is 2.21. The smallest absolute Gasteiger partial charge is 0.242 e. The fraction of sp³-hybridized carbons (Fsp3) is 0.714. The molecule has 1 aliphatic rings. The van der Waals surface area contributed by atoms with Crippen LogP contribution in [0.25, 0.3) is 0 Å². The lowest BCUT2D eigenvalue weighted by Crippen LogP contribution is -2.14. The number of nitrogens with zero attached hydrogens (tertiary/aromatic N) is 2. The molecule has 5 heteroatoms. The van der Waals surface area contributed by atoms with E-state index in [9.17, 15) is 0 Å². The molecule has 1 aliphatic carbocycles. The minimum atomic E-state index is 0.349. The molecule has 0 atom stereocenters. The van der Waals surface area contributed by atoms with Crippen molar-refractivity contribution in [2.45, 2.75) is 57.8 Å². The molecular formula is C14H24N4O. The fourth-order valence-electron chi connectivity index (χ4n) is 2.45. The molecule has 0 saturated heterocycles. The third-order valence-electron chi connectivity index (χ3n) is 3.66. The standard InChI is InChI=1S/C14H24N4O/c1-2-3-9-19-14-11(15)12(16)17-13(18-14)10-7-5-4-6-8-10/h10H,2-9,15H2,1H3,(H2,16,17,18). The summed E-state index contributed by atoms with van der Waals surface area (Å²) in [7, 11) is 0. The molecule has 106 valence electrons. The Bertz CT molecular complexity index is 416. The highest BCUT2D eigenvalue weighted by molar-refractivity contribution is 5.64. The first-order valence-electron chi connectivity index (χ1n) is 7.28. The van der Waals surface area contributed by atoms with Crippen molar-refractivity contribution in [3.63, 3.8) is 0 Å². The molecule has 4 N–H and O–H groups in total.